The van der Waals surface area contributed by atoms with Gasteiger partial charge in [0.25, 0.3) is 0 Å². The third kappa shape index (κ3) is 3.96. The molecule has 2 rings (SSSR count). The Kier molecular flexibility index (Phi) is 5.30. The lowest BCUT2D eigenvalue weighted by molar-refractivity contribution is 0.294. The number of rotatable bonds is 4. The van der Waals surface area contributed by atoms with E-state index in [9.17, 15) is 0 Å². The van der Waals surface area contributed by atoms with Gasteiger partial charge in [-0.15, -0.1) is 0 Å². The lowest BCUT2D eigenvalue weighted by Crippen LogP contribution is -2.35. The summed E-state index contributed by atoms with van der Waals surface area (Å²) in [5.74, 6) is 1.92. The summed E-state index contributed by atoms with van der Waals surface area (Å²) >= 11 is 0. The van der Waals surface area contributed by atoms with Gasteiger partial charge in [-0.3, -0.25) is 0 Å². The Bertz CT molecular complexity index is 217. The van der Waals surface area contributed by atoms with Gasteiger partial charge in [-0.2, -0.15) is 0 Å². The van der Waals surface area contributed by atoms with Crippen LogP contribution in [-0.2, 0) is 0 Å². The van der Waals surface area contributed by atoms with Crippen molar-refractivity contribution in [1.82, 2.24) is 10.2 Å². The van der Waals surface area contributed by atoms with E-state index in [2.05, 4.69) is 24.1 Å². The molecule has 2 fully saturated rings. The van der Waals surface area contributed by atoms with Crippen LogP contribution in [0, 0.1) is 11.8 Å². The Morgan fingerprint density at radius 2 is 1.94 bits per heavy atom. The van der Waals surface area contributed by atoms with Crippen LogP contribution in [-0.4, -0.2) is 37.1 Å². The van der Waals surface area contributed by atoms with E-state index >= 15 is 0 Å². The minimum absolute atomic E-state index is 0.791. The number of hydrogen-bond acceptors (Lipinski definition) is 2. The first-order valence-electron chi connectivity index (χ1n) is 7.75. The maximum Gasteiger partial charge on any atom is 0.00798 e. The molecule has 0 amide bonds. The summed E-state index contributed by atoms with van der Waals surface area (Å²) in [5.41, 5.74) is 0. The van der Waals surface area contributed by atoms with Gasteiger partial charge in [-0.25, -0.2) is 0 Å². The van der Waals surface area contributed by atoms with Crippen molar-refractivity contribution in [2.45, 2.75) is 58.4 Å². The van der Waals surface area contributed by atoms with Gasteiger partial charge in [0.2, 0.25) is 0 Å². The maximum absolute atomic E-state index is 3.85. The topological polar surface area (TPSA) is 15.3 Å². The van der Waals surface area contributed by atoms with Gasteiger partial charge in [-0.05, 0) is 63.7 Å². The van der Waals surface area contributed by atoms with E-state index in [1.807, 2.05) is 0 Å². The summed E-state index contributed by atoms with van der Waals surface area (Å²) in [6.45, 7) is 9.84. The molecule has 1 saturated heterocycles. The van der Waals surface area contributed by atoms with Crippen molar-refractivity contribution in [2.75, 3.05) is 26.2 Å². The van der Waals surface area contributed by atoms with Crippen molar-refractivity contribution in [3.8, 4) is 0 Å². The normalized spacial score (nSPS) is 36.0. The second-order valence-corrected chi connectivity index (χ2v) is 6.14. The quantitative estimate of drug-likeness (QED) is 0.810. The maximum atomic E-state index is 3.85. The highest BCUT2D eigenvalue weighted by Gasteiger charge is 2.24. The highest BCUT2D eigenvalue weighted by atomic mass is 15.1. The minimum atomic E-state index is 0.791. The molecule has 17 heavy (non-hydrogen) atoms. The fourth-order valence-corrected chi connectivity index (χ4v) is 3.52. The predicted octanol–water partition coefficient (Wildman–Crippen LogP) is 2.89. The van der Waals surface area contributed by atoms with Gasteiger partial charge >= 0.3 is 0 Å². The van der Waals surface area contributed by atoms with Crippen molar-refractivity contribution in [3.63, 3.8) is 0 Å². The third-order valence-electron chi connectivity index (χ3n) is 4.98. The molecule has 1 aliphatic carbocycles. The van der Waals surface area contributed by atoms with Gasteiger partial charge in [-0.1, -0.05) is 26.7 Å². The average molecular weight is 238 g/mol. The molecule has 1 N–H and O–H groups in total. The van der Waals surface area contributed by atoms with E-state index in [4.69, 9.17) is 0 Å². The number of likely N-dealkylation sites (tertiary alicyclic amines) is 1. The zero-order valence-corrected chi connectivity index (χ0v) is 11.8. The van der Waals surface area contributed by atoms with Gasteiger partial charge in [0.05, 0.1) is 0 Å². The summed E-state index contributed by atoms with van der Waals surface area (Å²) in [6.07, 6.45) is 8.50. The summed E-state index contributed by atoms with van der Waals surface area (Å²) < 4.78 is 0. The van der Waals surface area contributed by atoms with Crippen LogP contribution in [0.4, 0.5) is 0 Å². The lowest BCUT2D eigenvalue weighted by atomic mass is 9.97. The highest BCUT2D eigenvalue weighted by molar-refractivity contribution is 4.80. The predicted molar refractivity (Wildman–Crippen MR) is 74.3 cm³/mol. The van der Waals surface area contributed by atoms with Gasteiger partial charge < -0.3 is 10.2 Å². The van der Waals surface area contributed by atoms with Crippen LogP contribution in [0.15, 0.2) is 0 Å². The van der Waals surface area contributed by atoms with Gasteiger partial charge in [0, 0.05) is 6.04 Å². The van der Waals surface area contributed by atoms with Crippen molar-refractivity contribution in [3.05, 3.63) is 0 Å². The van der Waals surface area contributed by atoms with E-state index in [-0.39, 0.29) is 0 Å². The smallest absolute Gasteiger partial charge is 0.00798 e. The summed E-state index contributed by atoms with van der Waals surface area (Å²) in [5, 5.41) is 3.85. The molecule has 0 aromatic rings. The van der Waals surface area contributed by atoms with E-state index in [1.165, 1.54) is 64.7 Å². The van der Waals surface area contributed by atoms with Gasteiger partial charge in [0.1, 0.15) is 0 Å². The average Bonchev–Trinajstić information content (AvgIpc) is 2.63. The molecule has 0 radical (unpaired) electrons. The third-order valence-corrected chi connectivity index (χ3v) is 4.98. The van der Waals surface area contributed by atoms with E-state index in [0.717, 1.165) is 17.9 Å². The van der Waals surface area contributed by atoms with Crippen molar-refractivity contribution in [1.29, 1.82) is 0 Å². The largest absolute Gasteiger partial charge is 0.314 e. The fourth-order valence-electron chi connectivity index (χ4n) is 3.52. The van der Waals surface area contributed by atoms with E-state index in [0.29, 0.717) is 0 Å². The molecule has 0 aromatic heterocycles. The molecule has 3 unspecified atom stereocenters. The molecular weight excluding hydrogens is 208 g/mol. The Morgan fingerprint density at radius 3 is 2.65 bits per heavy atom. The highest BCUT2D eigenvalue weighted by Crippen LogP contribution is 2.30. The van der Waals surface area contributed by atoms with Crippen LogP contribution in [0.3, 0.4) is 0 Å². The fraction of sp³-hybridized carbons (Fsp3) is 1.00. The molecule has 0 spiro atoms. The molecule has 1 saturated carbocycles. The Labute approximate surface area is 107 Å². The van der Waals surface area contributed by atoms with Crippen LogP contribution in [0.5, 0.6) is 0 Å². The lowest BCUT2D eigenvalue weighted by Gasteiger charge is -2.22. The zero-order valence-electron chi connectivity index (χ0n) is 11.8. The van der Waals surface area contributed by atoms with Crippen LogP contribution in [0.25, 0.3) is 0 Å². The molecular formula is C15H30N2. The zero-order chi connectivity index (χ0) is 12.1. The second kappa shape index (κ2) is 6.75. The molecule has 2 aliphatic rings. The van der Waals surface area contributed by atoms with E-state index in [1.54, 1.807) is 0 Å². The van der Waals surface area contributed by atoms with Crippen LogP contribution >= 0.6 is 0 Å². The Morgan fingerprint density at radius 1 is 1.06 bits per heavy atom. The van der Waals surface area contributed by atoms with Crippen molar-refractivity contribution >= 4 is 0 Å². The number of hydrogen-bond donors (Lipinski definition) is 1. The number of nitrogens with one attached hydrogen (secondary N) is 1. The first kappa shape index (κ1) is 13.4. The Balaban J connectivity index is 1.68. The summed E-state index contributed by atoms with van der Waals surface area (Å²) in [7, 11) is 0. The number of nitrogens with zero attached hydrogens (tertiary/aromatic N) is 1. The van der Waals surface area contributed by atoms with Crippen LogP contribution in [0.2, 0.25) is 0 Å². The second-order valence-electron chi connectivity index (χ2n) is 6.14. The molecule has 3 atom stereocenters. The summed E-state index contributed by atoms with van der Waals surface area (Å²) in [4.78, 5) is 2.60. The van der Waals surface area contributed by atoms with Gasteiger partial charge in [0.15, 0.2) is 0 Å². The molecule has 0 bridgehead atoms. The standard InChI is InChI=1S/C15H30N2/c1-3-17-10-5-8-15(9-11-17)16-12-14-7-4-6-13(14)2/h13-16H,3-12H2,1-2H3. The molecule has 2 nitrogen and oxygen atoms in total. The molecule has 1 heterocycles. The minimum Gasteiger partial charge on any atom is -0.314 e. The monoisotopic (exact) mass is 238 g/mol. The SMILES string of the molecule is CCN1CCCC(NCC2CCCC2C)CC1. The first-order chi connectivity index (χ1) is 8.29. The van der Waals surface area contributed by atoms with E-state index < -0.39 is 0 Å². The molecule has 100 valence electrons. The van der Waals surface area contributed by atoms with Crippen molar-refractivity contribution in [2.24, 2.45) is 11.8 Å². The Hall–Kier alpha value is -0.0800. The molecule has 0 aromatic carbocycles. The van der Waals surface area contributed by atoms with Crippen LogP contribution < -0.4 is 5.32 Å². The molecule has 2 heteroatoms. The summed E-state index contributed by atoms with van der Waals surface area (Å²) in [6, 6.07) is 0.791. The molecule has 1 aliphatic heterocycles. The first-order valence-corrected chi connectivity index (χ1v) is 7.75. The van der Waals surface area contributed by atoms with Crippen LogP contribution in [0.1, 0.15) is 52.4 Å². The van der Waals surface area contributed by atoms with Crippen molar-refractivity contribution < 1.29 is 0 Å².